The zero-order valence-electron chi connectivity index (χ0n) is 12.5. The highest BCUT2D eigenvalue weighted by Crippen LogP contribution is 2.29. The molecule has 0 spiro atoms. The number of thiocarbonyl (C=S) groups is 1. The number of halogens is 3. The highest BCUT2D eigenvalue weighted by Gasteiger charge is 2.34. The fourth-order valence-electron chi connectivity index (χ4n) is 1.54. The second-order valence-electron chi connectivity index (χ2n) is 4.54. The molecule has 0 saturated carbocycles. The number of hydrogen-bond donors (Lipinski definition) is 4. The molecule has 0 aliphatic heterocycles. The van der Waals surface area contributed by atoms with Crippen LogP contribution in [0.2, 0.25) is 0 Å². The second-order valence-corrected chi connectivity index (χ2v) is 7.32. The van der Waals surface area contributed by atoms with E-state index in [0.717, 1.165) is 6.08 Å². The van der Waals surface area contributed by atoms with E-state index in [-0.39, 0.29) is 11.0 Å². The van der Waals surface area contributed by atoms with Crippen LogP contribution in [0.3, 0.4) is 0 Å². The Morgan fingerprint density at radius 3 is 2.04 bits per heavy atom. The fourth-order valence-corrected chi connectivity index (χ4v) is 2.10. The van der Waals surface area contributed by atoms with Gasteiger partial charge in [0, 0.05) is 18.3 Å². The lowest BCUT2D eigenvalue weighted by Crippen LogP contribution is -2.55. The molecular formula is C14H15Cl3N4O2S. The van der Waals surface area contributed by atoms with Gasteiger partial charge in [-0.25, -0.2) is 0 Å². The average molecular weight is 410 g/mol. The minimum atomic E-state index is -1.83. The van der Waals surface area contributed by atoms with Crippen molar-refractivity contribution in [2.24, 2.45) is 0 Å². The molecule has 0 aliphatic carbocycles. The Morgan fingerprint density at radius 2 is 1.62 bits per heavy atom. The number of rotatable bonds is 5. The maximum Gasteiger partial charge on any atom is 0.245 e. The van der Waals surface area contributed by atoms with Crippen LogP contribution in [0.4, 0.5) is 11.4 Å². The molecule has 0 fully saturated rings. The van der Waals surface area contributed by atoms with Crippen LogP contribution < -0.4 is 21.3 Å². The summed E-state index contributed by atoms with van der Waals surface area (Å²) >= 11 is 22.6. The third-order valence-electron chi connectivity index (χ3n) is 2.54. The summed E-state index contributed by atoms with van der Waals surface area (Å²) in [6.07, 6.45) is -0.0193. The van der Waals surface area contributed by atoms with Gasteiger partial charge in [0.1, 0.15) is 6.17 Å². The monoisotopic (exact) mass is 408 g/mol. The summed E-state index contributed by atoms with van der Waals surface area (Å²) in [5, 5.41) is 10.7. The summed E-state index contributed by atoms with van der Waals surface area (Å²) < 4.78 is -1.83. The van der Waals surface area contributed by atoms with Gasteiger partial charge >= 0.3 is 0 Å². The third kappa shape index (κ3) is 7.35. The van der Waals surface area contributed by atoms with Gasteiger partial charge in [-0.05, 0) is 42.6 Å². The normalized spacial score (nSPS) is 11.8. The Bertz CT molecular complexity index is 632. The quantitative estimate of drug-likeness (QED) is 0.260. The van der Waals surface area contributed by atoms with Gasteiger partial charge in [-0.1, -0.05) is 41.4 Å². The maximum absolute atomic E-state index is 11.4. The minimum absolute atomic E-state index is 0.128. The van der Waals surface area contributed by atoms with Crippen LogP contribution in [0.1, 0.15) is 6.92 Å². The largest absolute Gasteiger partial charge is 0.339 e. The lowest BCUT2D eigenvalue weighted by atomic mass is 10.3. The molecule has 0 unspecified atom stereocenters. The van der Waals surface area contributed by atoms with Gasteiger partial charge in [-0.2, -0.15) is 0 Å². The lowest BCUT2D eigenvalue weighted by molar-refractivity contribution is -0.117. The molecule has 1 rings (SSSR count). The molecule has 1 atom stereocenters. The Balaban J connectivity index is 2.70. The van der Waals surface area contributed by atoms with Gasteiger partial charge in [0.2, 0.25) is 15.6 Å². The summed E-state index contributed by atoms with van der Waals surface area (Å²) in [7, 11) is 0. The molecule has 4 N–H and O–H groups in total. The molecule has 130 valence electrons. The second kappa shape index (κ2) is 9.08. The van der Waals surface area contributed by atoms with Crippen LogP contribution in [0.25, 0.3) is 0 Å². The van der Waals surface area contributed by atoms with Gasteiger partial charge in [0.15, 0.2) is 5.11 Å². The van der Waals surface area contributed by atoms with E-state index in [9.17, 15) is 9.59 Å². The Labute approximate surface area is 159 Å². The molecule has 1 aromatic carbocycles. The van der Waals surface area contributed by atoms with Crippen molar-refractivity contribution in [3.63, 3.8) is 0 Å². The molecule has 0 bridgehead atoms. The zero-order valence-corrected chi connectivity index (χ0v) is 15.6. The molecule has 1 aromatic rings. The molecule has 6 nitrogen and oxygen atoms in total. The Hall–Kier alpha value is -1.54. The van der Waals surface area contributed by atoms with Crippen LogP contribution in [0.5, 0.6) is 0 Å². The summed E-state index contributed by atoms with van der Waals surface area (Å²) in [5.41, 5.74) is 1.28. The van der Waals surface area contributed by atoms with Crippen molar-refractivity contribution in [1.82, 2.24) is 10.6 Å². The number of hydrogen-bond acceptors (Lipinski definition) is 3. The van der Waals surface area contributed by atoms with E-state index < -0.39 is 15.9 Å². The smallest absolute Gasteiger partial charge is 0.245 e. The summed E-state index contributed by atoms with van der Waals surface area (Å²) in [6.45, 7) is 4.74. The van der Waals surface area contributed by atoms with E-state index in [2.05, 4.69) is 27.8 Å². The van der Waals surface area contributed by atoms with Gasteiger partial charge in [0.05, 0.1) is 0 Å². The van der Waals surface area contributed by atoms with E-state index in [1.165, 1.54) is 6.92 Å². The van der Waals surface area contributed by atoms with Crippen molar-refractivity contribution < 1.29 is 9.59 Å². The molecule has 0 aromatic heterocycles. The average Bonchev–Trinajstić information content (AvgIpc) is 2.47. The predicted octanol–water partition coefficient (Wildman–Crippen LogP) is 2.93. The SMILES string of the molecule is C=CC(=O)N[C@@H](NC(=S)Nc1ccc(NC(C)=O)cc1)C(Cl)(Cl)Cl. The van der Waals surface area contributed by atoms with Crippen LogP contribution in [0.15, 0.2) is 36.9 Å². The molecule has 0 radical (unpaired) electrons. The number of carbonyl (C=O) groups excluding carboxylic acids is 2. The van der Waals surface area contributed by atoms with Crippen LogP contribution in [0, 0.1) is 0 Å². The van der Waals surface area contributed by atoms with Gasteiger partial charge in [0.25, 0.3) is 0 Å². The summed E-state index contributed by atoms with van der Waals surface area (Å²) in [5.74, 6) is -0.697. The van der Waals surface area contributed by atoms with Crippen molar-refractivity contribution in [2.75, 3.05) is 10.6 Å². The summed E-state index contributed by atoms with van der Waals surface area (Å²) in [6, 6.07) is 6.79. The Morgan fingerprint density at radius 1 is 1.12 bits per heavy atom. The van der Waals surface area contributed by atoms with Crippen molar-refractivity contribution in [3.8, 4) is 0 Å². The first-order valence-electron chi connectivity index (χ1n) is 6.56. The number of benzene rings is 1. The van der Waals surface area contributed by atoms with Crippen LogP contribution in [-0.4, -0.2) is 26.9 Å². The van der Waals surface area contributed by atoms with Gasteiger partial charge in [-0.15, -0.1) is 0 Å². The first kappa shape index (κ1) is 20.5. The van der Waals surface area contributed by atoms with Gasteiger partial charge < -0.3 is 21.3 Å². The van der Waals surface area contributed by atoms with Crippen molar-refractivity contribution in [1.29, 1.82) is 0 Å². The number of amides is 2. The van der Waals surface area contributed by atoms with Crippen molar-refractivity contribution in [3.05, 3.63) is 36.9 Å². The van der Waals surface area contributed by atoms with E-state index in [1.54, 1.807) is 24.3 Å². The van der Waals surface area contributed by atoms with E-state index >= 15 is 0 Å². The fraction of sp³-hybridized carbons (Fsp3) is 0.214. The number of anilines is 2. The van der Waals surface area contributed by atoms with Crippen LogP contribution >= 0.6 is 47.0 Å². The number of carbonyl (C=O) groups is 2. The van der Waals surface area contributed by atoms with E-state index in [0.29, 0.717) is 11.4 Å². The summed E-state index contributed by atoms with van der Waals surface area (Å²) in [4.78, 5) is 22.4. The van der Waals surface area contributed by atoms with Crippen molar-refractivity contribution in [2.45, 2.75) is 16.9 Å². The topological polar surface area (TPSA) is 82.3 Å². The first-order valence-corrected chi connectivity index (χ1v) is 8.11. The van der Waals surface area contributed by atoms with E-state index in [4.69, 9.17) is 47.0 Å². The third-order valence-corrected chi connectivity index (χ3v) is 3.41. The number of nitrogens with one attached hydrogen (secondary N) is 4. The number of alkyl halides is 3. The van der Waals surface area contributed by atoms with Crippen LogP contribution in [-0.2, 0) is 9.59 Å². The molecule has 0 heterocycles. The molecular weight excluding hydrogens is 395 g/mol. The highest BCUT2D eigenvalue weighted by atomic mass is 35.6. The molecule has 0 saturated heterocycles. The van der Waals surface area contributed by atoms with Crippen molar-refractivity contribution >= 4 is 75.3 Å². The lowest BCUT2D eigenvalue weighted by Gasteiger charge is -2.27. The molecule has 2 amide bonds. The maximum atomic E-state index is 11.4. The zero-order chi connectivity index (χ0) is 18.3. The molecule has 24 heavy (non-hydrogen) atoms. The standard InChI is InChI=1S/C14H15Cl3N4O2S/c1-3-11(23)20-12(14(15,16)17)21-13(24)19-10-6-4-9(5-7-10)18-8(2)22/h3-7,12H,1H2,2H3,(H,18,22)(H,20,23)(H2,19,21,24)/t12-/m0/s1. The van der Waals surface area contributed by atoms with Gasteiger partial charge in [-0.3, -0.25) is 9.59 Å². The highest BCUT2D eigenvalue weighted by molar-refractivity contribution is 7.80. The van der Waals surface area contributed by atoms with E-state index in [1.807, 2.05) is 0 Å². The molecule has 10 heteroatoms. The predicted molar refractivity (Wildman–Crippen MR) is 103 cm³/mol. The first-order chi connectivity index (χ1) is 11.1. The minimum Gasteiger partial charge on any atom is -0.339 e. The molecule has 0 aliphatic rings. The Kier molecular flexibility index (Phi) is 7.75.